The lowest BCUT2D eigenvalue weighted by atomic mass is 9.80. The number of nitrogens with one attached hydrogen (secondary N) is 2. The summed E-state index contributed by atoms with van der Waals surface area (Å²) in [6.07, 6.45) is 1.71. The van der Waals surface area contributed by atoms with Crippen LogP contribution < -0.4 is 10.6 Å². The number of likely N-dealkylation sites (N-methyl/N-ethyl adjacent to an activating group) is 1. The molecule has 1 amide bonds. The lowest BCUT2D eigenvalue weighted by Crippen LogP contribution is -2.52. The first-order valence-corrected chi connectivity index (χ1v) is 6.61. The van der Waals surface area contributed by atoms with E-state index in [0.29, 0.717) is 13.1 Å². The van der Waals surface area contributed by atoms with E-state index >= 15 is 0 Å². The van der Waals surface area contributed by atoms with Gasteiger partial charge in [-0.3, -0.25) is 4.79 Å². The van der Waals surface area contributed by atoms with Crippen LogP contribution in [-0.2, 0) is 4.79 Å². The molecule has 0 aromatic heterocycles. The van der Waals surface area contributed by atoms with E-state index in [1.165, 1.54) is 0 Å². The maximum absolute atomic E-state index is 12.2. The van der Waals surface area contributed by atoms with E-state index in [0.717, 1.165) is 25.9 Å². The summed E-state index contributed by atoms with van der Waals surface area (Å²) in [5, 5.41) is 16.3. The van der Waals surface area contributed by atoms with Crippen LogP contribution in [0.3, 0.4) is 0 Å². The van der Waals surface area contributed by atoms with Gasteiger partial charge in [0.15, 0.2) is 0 Å². The molecule has 1 aliphatic heterocycles. The fourth-order valence-corrected chi connectivity index (χ4v) is 2.43. The van der Waals surface area contributed by atoms with Crippen molar-refractivity contribution in [3.8, 4) is 0 Å². The van der Waals surface area contributed by atoms with Gasteiger partial charge in [-0.25, -0.2) is 0 Å². The Bertz CT molecular complexity index is 284. The Morgan fingerprint density at radius 1 is 1.44 bits per heavy atom. The molecular weight excluding hydrogens is 230 g/mol. The lowest BCUT2D eigenvalue weighted by Gasteiger charge is -2.34. The van der Waals surface area contributed by atoms with Crippen LogP contribution in [-0.4, -0.2) is 61.8 Å². The maximum atomic E-state index is 12.2. The molecule has 18 heavy (non-hydrogen) atoms. The van der Waals surface area contributed by atoms with E-state index in [-0.39, 0.29) is 11.3 Å². The van der Waals surface area contributed by atoms with Crippen molar-refractivity contribution in [2.45, 2.75) is 32.3 Å². The second kappa shape index (κ2) is 5.99. The number of hydrogen-bond acceptors (Lipinski definition) is 4. The zero-order valence-electron chi connectivity index (χ0n) is 12.0. The van der Waals surface area contributed by atoms with Gasteiger partial charge < -0.3 is 20.6 Å². The van der Waals surface area contributed by atoms with Crippen molar-refractivity contribution >= 4 is 5.91 Å². The summed E-state index contributed by atoms with van der Waals surface area (Å²) in [6, 6.07) is 0. The van der Waals surface area contributed by atoms with Crippen LogP contribution in [0.1, 0.15) is 26.7 Å². The van der Waals surface area contributed by atoms with Crippen LogP contribution in [0.15, 0.2) is 0 Å². The number of carbonyl (C=O) groups is 1. The van der Waals surface area contributed by atoms with E-state index in [1.807, 2.05) is 25.9 Å². The van der Waals surface area contributed by atoms with Gasteiger partial charge in [-0.2, -0.15) is 0 Å². The number of piperidine rings is 1. The topological polar surface area (TPSA) is 64.6 Å². The normalized spacial score (nSPS) is 22.6. The van der Waals surface area contributed by atoms with Crippen molar-refractivity contribution in [2.75, 3.05) is 40.3 Å². The predicted molar refractivity (Wildman–Crippen MR) is 72.4 cm³/mol. The molecule has 3 N–H and O–H groups in total. The van der Waals surface area contributed by atoms with Crippen molar-refractivity contribution < 1.29 is 9.90 Å². The summed E-state index contributed by atoms with van der Waals surface area (Å²) in [5.74, 6) is 0.0584. The fraction of sp³-hybridized carbons (Fsp3) is 0.923. The van der Waals surface area contributed by atoms with Crippen LogP contribution in [0.2, 0.25) is 0 Å². The standard InChI is InChI=1S/C13H27N3O2/c1-12(5-7-14-8-6-12)11(17)15-9-13(2,18)10-16(3)4/h14,18H,5-10H2,1-4H3,(H,15,17). The van der Waals surface area contributed by atoms with Crippen molar-refractivity contribution in [1.82, 2.24) is 15.5 Å². The van der Waals surface area contributed by atoms with Crippen molar-refractivity contribution in [3.05, 3.63) is 0 Å². The molecule has 5 heteroatoms. The van der Waals surface area contributed by atoms with Crippen LogP contribution in [0, 0.1) is 5.41 Å². The minimum atomic E-state index is -0.886. The van der Waals surface area contributed by atoms with Crippen LogP contribution in [0.4, 0.5) is 0 Å². The third kappa shape index (κ3) is 4.55. The average molecular weight is 257 g/mol. The highest BCUT2D eigenvalue weighted by Gasteiger charge is 2.35. The molecule has 1 saturated heterocycles. The quantitative estimate of drug-likeness (QED) is 0.638. The van der Waals surface area contributed by atoms with E-state index < -0.39 is 5.60 Å². The van der Waals surface area contributed by atoms with Gasteiger partial charge in [-0.1, -0.05) is 6.92 Å². The van der Waals surface area contributed by atoms with E-state index in [9.17, 15) is 9.90 Å². The predicted octanol–water partition coefficient (Wildman–Crippen LogP) is -0.195. The molecule has 0 bridgehead atoms. The first-order chi connectivity index (χ1) is 8.25. The number of hydrogen-bond donors (Lipinski definition) is 3. The van der Waals surface area contributed by atoms with Crippen LogP contribution in [0.25, 0.3) is 0 Å². The Hall–Kier alpha value is -0.650. The highest BCUT2D eigenvalue weighted by atomic mass is 16.3. The Kier molecular flexibility index (Phi) is 5.13. The highest BCUT2D eigenvalue weighted by Crippen LogP contribution is 2.27. The van der Waals surface area contributed by atoms with Gasteiger partial charge in [-0.05, 0) is 47.0 Å². The maximum Gasteiger partial charge on any atom is 0.226 e. The highest BCUT2D eigenvalue weighted by molar-refractivity contribution is 5.82. The molecule has 1 rings (SSSR count). The third-order valence-electron chi connectivity index (χ3n) is 3.54. The Labute approximate surface area is 110 Å². The zero-order valence-corrected chi connectivity index (χ0v) is 12.0. The SMILES string of the molecule is CN(C)CC(C)(O)CNC(=O)C1(C)CCNCC1. The summed E-state index contributed by atoms with van der Waals surface area (Å²) < 4.78 is 0. The molecule has 0 radical (unpaired) electrons. The monoisotopic (exact) mass is 257 g/mol. The molecule has 1 atom stereocenters. The lowest BCUT2D eigenvalue weighted by molar-refractivity contribution is -0.132. The second-order valence-electron chi connectivity index (χ2n) is 6.23. The van der Waals surface area contributed by atoms with Gasteiger partial charge in [0.25, 0.3) is 0 Å². The molecule has 1 unspecified atom stereocenters. The van der Waals surface area contributed by atoms with Crippen molar-refractivity contribution in [3.63, 3.8) is 0 Å². The minimum absolute atomic E-state index is 0.0584. The Morgan fingerprint density at radius 2 is 2.00 bits per heavy atom. The molecular formula is C13H27N3O2. The number of amides is 1. The van der Waals surface area contributed by atoms with E-state index in [1.54, 1.807) is 6.92 Å². The first kappa shape index (κ1) is 15.4. The molecule has 0 saturated carbocycles. The molecule has 0 aliphatic carbocycles. The Balaban J connectivity index is 2.45. The van der Waals surface area contributed by atoms with Gasteiger partial charge in [0.2, 0.25) is 5.91 Å². The number of nitrogens with zero attached hydrogens (tertiary/aromatic N) is 1. The molecule has 106 valence electrons. The van der Waals surface area contributed by atoms with Gasteiger partial charge >= 0.3 is 0 Å². The largest absolute Gasteiger partial charge is 0.387 e. The summed E-state index contributed by atoms with van der Waals surface area (Å²) in [7, 11) is 3.81. The molecule has 0 spiro atoms. The third-order valence-corrected chi connectivity index (χ3v) is 3.54. The smallest absolute Gasteiger partial charge is 0.226 e. The molecule has 1 heterocycles. The molecule has 0 aromatic carbocycles. The van der Waals surface area contributed by atoms with Crippen molar-refractivity contribution in [2.24, 2.45) is 5.41 Å². The summed E-state index contributed by atoms with van der Waals surface area (Å²) in [6.45, 7) is 6.36. The molecule has 0 aromatic rings. The van der Waals surface area contributed by atoms with Gasteiger partial charge in [0, 0.05) is 18.5 Å². The Morgan fingerprint density at radius 3 is 2.50 bits per heavy atom. The zero-order chi connectivity index (χ0) is 13.8. The molecule has 5 nitrogen and oxygen atoms in total. The van der Waals surface area contributed by atoms with Gasteiger partial charge in [0.05, 0.1) is 5.60 Å². The summed E-state index contributed by atoms with van der Waals surface area (Å²) >= 11 is 0. The molecule has 1 fully saturated rings. The van der Waals surface area contributed by atoms with E-state index in [2.05, 4.69) is 10.6 Å². The average Bonchev–Trinajstić information content (AvgIpc) is 2.25. The number of carbonyl (C=O) groups excluding carboxylic acids is 1. The second-order valence-corrected chi connectivity index (χ2v) is 6.23. The number of aliphatic hydroxyl groups is 1. The van der Waals surface area contributed by atoms with Crippen LogP contribution >= 0.6 is 0 Å². The minimum Gasteiger partial charge on any atom is -0.387 e. The van der Waals surface area contributed by atoms with Crippen molar-refractivity contribution in [1.29, 1.82) is 0 Å². The molecule has 1 aliphatic rings. The van der Waals surface area contributed by atoms with E-state index in [4.69, 9.17) is 0 Å². The van der Waals surface area contributed by atoms with Crippen LogP contribution in [0.5, 0.6) is 0 Å². The summed E-state index contributed by atoms with van der Waals surface area (Å²) in [4.78, 5) is 14.1. The summed E-state index contributed by atoms with van der Waals surface area (Å²) in [5.41, 5.74) is -1.18. The van der Waals surface area contributed by atoms with Gasteiger partial charge in [-0.15, -0.1) is 0 Å². The first-order valence-electron chi connectivity index (χ1n) is 6.61. The number of rotatable bonds is 5. The van der Waals surface area contributed by atoms with Gasteiger partial charge in [0.1, 0.15) is 0 Å². The fourth-order valence-electron chi connectivity index (χ4n) is 2.43.